The molecular weight excluding hydrogens is 318 g/mol. The zero-order valence-corrected chi connectivity index (χ0v) is 14.8. The van der Waals surface area contributed by atoms with Crippen LogP contribution in [0.2, 0.25) is 4.34 Å². The maximum atomic E-state index is 6.25. The number of nitrogens with one attached hydrogen (secondary N) is 1. The average molecular weight is 344 g/mol. The molecule has 0 bridgehead atoms. The minimum atomic E-state index is 0.404. The van der Waals surface area contributed by atoms with Crippen molar-refractivity contribution in [1.82, 2.24) is 5.32 Å². The number of ether oxygens (including phenoxy) is 2. The molecule has 1 aromatic rings. The summed E-state index contributed by atoms with van der Waals surface area (Å²) in [5.74, 6) is 0.779. The van der Waals surface area contributed by atoms with E-state index in [9.17, 15) is 0 Å². The van der Waals surface area contributed by atoms with Crippen molar-refractivity contribution in [1.29, 1.82) is 0 Å². The van der Waals surface area contributed by atoms with Crippen molar-refractivity contribution in [3.63, 3.8) is 0 Å². The summed E-state index contributed by atoms with van der Waals surface area (Å²) in [6.45, 7) is 5.65. The van der Waals surface area contributed by atoms with Gasteiger partial charge in [-0.15, -0.1) is 11.3 Å². The maximum absolute atomic E-state index is 6.25. The summed E-state index contributed by atoms with van der Waals surface area (Å²) >= 11 is 7.99. The standard InChI is InChI=1S/C17H26ClNO2S/c1-12-11-21-7-4-14-9-17(18)22-16(14)10-15(19-12)8-13-2-5-20-6-3-13/h9,12-13,15,19H,2-8,10-11H2,1H3. The van der Waals surface area contributed by atoms with Crippen molar-refractivity contribution >= 4 is 22.9 Å². The molecule has 3 rings (SSSR count). The molecule has 3 nitrogen and oxygen atoms in total. The van der Waals surface area contributed by atoms with Crippen LogP contribution in [0.4, 0.5) is 0 Å². The van der Waals surface area contributed by atoms with Gasteiger partial charge in [-0.2, -0.15) is 0 Å². The van der Waals surface area contributed by atoms with E-state index in [4.69, 9.17) is 21.1 Å². The third kappa shape index (κ3) is 4.68. The largest absolute Gasteiger partial charge is 0.381 e. The first-order valence-corrected chi connectivity index (χ1v) is 9.59. The molecule has 0 amide bonds. The monoisotopic (exact) mass is 343 g/mol. The quantitative estimate of drug-likeness (QED) is 0.888. The summed E-state index contributed by atoms with van der Waals surface area (Å²) in [5, 5.41) is 3.78. The lowest BCUT2D eigenvalue weighted by Gasteiger charge is -2.30. The first-order valence-electron chi connectivity index (χ1n) is 8.39. The molecule has 3 heterocycles. The molecule has 2 aliphatic rings. The molecule has 2 unspecified atom stereocenters. The van der Waals surface area contributed by atoms with Crippen LogP contribution in [0.15, 0.2) is 6.07 Å². The van der Waals surface area contributed by atoms with Crippen LogP contribution in [0.5, 0.6) is 0 Å². The molecule has 0 radical (unpaired) electrons. The predicted octanol–water partition coefficient (Wildman–Crippen LogP) is 3.68. The van der Waals surface area contributed by atoms with Gasteiger partial charge < -0.3 is 14.8 Å². The zero-order chi connectivity index (χ0) is 15.4. The summed E-state index contributed by atoms with van der Waals surface area (Å²) in [4.78, 5) is 1.44. The fourth-order valence-corrected chi connectivity index (χ4v) is 4.95. The minimum absolute atomic E-state index is 0.404. The second-order valence-corrected chi connectivity index (χ2v) is 8.35. The lowest BCUT2D eigenvalue weighted by molar-refractivity contribution is 0.0583. The molecule has 5 heteroatoms. The Balaban J connectivity index is 1.71. The Hall–Kier alpha value is -0.130. The lowest BCUT2D eigenvalue weighted by Crippen LogP contribution is -2.42. The first-order chi connectivity index (χ1) is 10.7. The molecule has 22 heavy (non-hydrogen) atoms. The third-order valence-electron chi connectivity index (χ3n) is 4.66. The van der Waals surface area contributed by atoms with Crippen LogP contribution in [0.3, 0.4) is 0 Å². The van der Waals surface area contributed by atoms with E-state index in [1.807, 2.05) is 0 Å². The van der Waals surface area contributed by atoms with E-state index in [-0.39, 0.29) is 0 Å². The maximum Gasteiger partial charge on any atom is 0.0934 e. The normalized spacial score (nSPS) is 28.3. The van der Waals surface area contributed by atoms with Crippen molar-refractivity contribution in [3.8, 4) is 0 Å². The number of rotatable bonds is 2. The lowest BCUT2D eigenvalue weighted by atomic mass is 9.90. The Morgan fingerprint density at radius 3 is 2.91 bits per heavy atom. The van der Waals surface area contributed by atoms with Crippen molar-refractivity contribution < 1.29 is 9.47 Å². The van der Waals surface area contributed by atoms with E-state index in [2.05, 4.69) is 18.3 Å². The van der Waals surface area contributed by atoms with Crippen LogP contribution < -0.4 is 5.32 Å². The molecule has 2 atom stereocenters. The fraction of sp³-hybridized carbons (Fsp3) is 0.765. The van der Waals surface area contributed by atoms with Gasteiger partial charge in [0.15, 0.2) is 0 Å². The van der Waals surface area contributed by atoms with Crippen molar-refractivity contribution in [3.05, 3.63) is 20.8 Å². The molecule has 0 saturated carbocycles. The van der Waals surface area contributed by atoms with Gasteiger partial charge in [-0.1, -0.05) is 11.6 Å². The highest BCUT2D eigenvalue weighted by Crippen LogP contribution is 2.30. The van der Waals surface area contributed by atoms with Gasteiger partial charge in [0.1, 0.15) is 0 Å². The molecule has 0 aromatic carbocycles. The topological polar surface area (TPSA) is 30.5 Å². The SMILES string of the molecule is CC1COCCc2cc(Cl)sc2CC(CC2CCOCC2)N1. The fourth-order valence-electron chi connectivity index (χ4n) is 3.53. The molecule has 0 spiro atoms. The van der Waals surface area contributed by atoms with Gasteiger partial charge in [0.2, 0.25) is 0 Å². The average Bonchev–Trinajstić information content (AvgIpc) is 2.84. The Labute approximate surface area is 142 Å². The van der Waals surface area contributed by atoms with Gasteiger partial charge in [0.25, 0.3) is 0 Å². The third-order valence-corrected chi connectivity index (χ3v) is 5.99. The van der Waals surface area contributed by atoms with Crippen molar-refractivity contribution in [2.45, 2.75) is 51.1 Å². The number of thiophene rings is 1. The summed E-state index contributed by atoms with van der Waals surface area (Å²) in [7, 11) is 0. The number of hydrogen-bond acceptors (Lipinski definition) is 4. The molecule has 1 aromatic heterocycles. The Kier molecular flexibility index (Phi) is 6.16. The highest BCUT2D eigenvalue weighted by molar-refractivity contribution is 7.16. The van der Waals surface area contributed by atoms with E-state index < -0.39 is 0 Å². The summed E-state index contributed by atoms with van der Waals surface area (Å²) in [6.07, 6.45) is 5.69. The van der Waals surface area contributed by atoms with Crippen LogP contribution >= 0.6 is 22.9 Å². The first kappa shape index (κ1) is 16.7. The molecular formula is C17H26ClNO2S. The second kappa shape index (κ2) is 8.11. The van der Waals surface area contributed by atoms with Crippen molar-refractivity contribution in [2.24, 2.45) is 5.92 Å². The van der Waals surface area contributed by atoms with Gasteiger partial charge in [0.05, 0.1) is 17.6 Å². The van der Waals surface area contributed by atoms with Gasteiger partial charge in [-0.05, 0) is 56.6 Å². The summed E-state index contributed by atoms with van der Waals surface area (Å²) < 4.78 is 12.2. The van der Waals surface area contributed by atoms with Crippen LogP contribution in [0, 0.1) is 5.92 Å². The smallest absolute Gasteiger partial charge is 0.0934 e. The van der Waals surface area contributed by atoms with E-state index in [0.29, 0.717) is 12.1 Å². The summed E-state index contributed by atoms with van der Waals surface area (Å²) in [5.41, 5.74) is 1.38. The highest BCUT2D eigenvalue weighted by atomic mass is 35.5. The van der Waals surface area contributed by atoms with Crippen LogP contribution in [0.25, 0.3) is 0 Å². The molecule has 124 valence electrons. The Morgan fingerprint density at radius 1 is 1.27 bits per heavy atom. The van der Waals surface area contributed by atoms with Crippen molar-refractivity contribution in [2.75, 3.05) is 26.4 Å². The molecule has 1 saturated heterocycles. The van der Waals surface area contributed by atoms with E-state index >= 15 is 0 Å². The van der Waals surface area contributed by atoms with E-state index in [1.54, 1.807) is 11.3 Å². The van der Waals surface area contributed by atoms with Gasteiger partial charge in [-0.3, -0.25) is 0 Å². The van der Waals surface area contributed by atoms with Gasteiger partial charge in [-0.25, -0.2) is 0 Å². The molecule has 0 aliphatic carbocycles. The van der Waals surface area contributed by atoms with Gasteiger partial charge in [0, 0.05) is 30.2 Å². The molecule has 1 N–H and O–H groups in total. The predicted molar refractivity (Wildman–Crippen MR) is 92.1 cm³/mol. The second-order valence-electron chi connectivity index (χ2n) is 6.58. The minimum Gasteiger partial charge on any atom is -0.381 e. The highest BCUT2D eigenvalue weighted by Gasteiger charge is 2.23. The van der Waals surface area contributed by atoms with Crippen LogP contribution in [0.1, 0.15) is 36.6 Å². The van der Waals surface area contributed by atoms with E-state index in [1.165, 1.54) is 29.7 Å². The number of fused-ring (bicyclic) bond motifs is 1. The zero-order valence-electron chi connectivity index (χ0n) is 13.3. The van der Waals surface area contributed by atoms with Crippen LogP contribution in [-0.2, 0) is 22.3 Å². The number of halogens is 1. The van der Waals surface area contributed by atoms with Crippen LogP contribution in [-0.4, -0.2) is 38.5 Å². The van der Waals surface area contributed by atoms with Gasteiger partial charge >= 0.3 is 0 Å². The summed E-state index contributed by atoms with van der Waals surface area (Å²) in [6, 6.07) is 3.04. The van der Waals surface area contributed by atoms with E-state index in [0.717, 1.165) is 49.5 Å². The Bertz CT molecular complexity index is 473. The Morgan fingerprint density at radius 2 is 2.09 bits per heavy atom. The molecule has 2 aliphatic heterocycles. The number of hydrogen-bond donors (Lipinski definition) is 1. The molecule has 1 fully saturated rings.